The van der Waals surface area contributed by atoms with Crippen LogP contribution in [0.15, 0.2) is 24.3 Å². The summed E-state index contributed by atoms with van der Waals surface area (Å²) >= 11 is 0. The number of hydrogen-bond acceptors (Lipinski definition) is 4. The molecule has 0 heterocycles. The van der Waals surface area contributed by atoms with Crippen LogP contribution < -0.4 is 10.5 Å². The van der Waals surface area contributed by atoms with Gasteiger partial charge in [0.25, 0.3) is 0 Å². The zero-order valence-corrected chi connectivity index (χ0v) is 11.0. The second kappa shape index (κ2) is 4.95. The molecule has 6 nitrogen and oxygen atoms in total. The number of sulfonamides is 1. The molecule has 0 fully saturated rings. The number of carboxylic acid groups (broad SMARTS) is 1. The van der Waals surface area contributed by atoms with Crippen molar-refractivity contribution in [2.45, 2.75) is 18.9 Å². The summed E-state index contributed by atoms with van der Waals surface area (Å²) in [5, 5.41) is 8.89. The number of nitrogens with two attached hydrogens (primary N) is 1. The topological polar surface area (TPSA) is 109 Å². The van der Waals surface area contributed by atoms with Crippen LogP contribution in [0.25, 0.3) is 0 Å². The SMILES string of the molecule is CC(N)(Cc1ccc(NS(C)(=O)=O)cc1)C(=O)O. The van der Waals surface area contributed by atoms with Crippen LogP contribution in [-0.4, -0.2) is 31.3 Å². The Labute approximate surface area is 106 Å². The molecule has 7 heteroatoms. The van der Waals surface area contributed by atoms with Gasteiger partial charge in [0.05, 0.1) is 6.26 Å². The van der Waals surface area contributed by atoms with Crippen molar-refractivity contribution >= 4 is 21.7 Å². The summed E-state index contributed by atoms with van der Waals surface area (Å²) in [6, 6.07) is 6.41. The lowest BCUT2D eigenvalue weighted by Gasteiger charge is -2.19. The average Bonchev–Trinajstić information content (AvgIpc) is 2.18. The Balaban J connectivity index is 2.81. The van der Waals surface area contributed by atoms with Crippen molar-refractivity contribution in [2.75, 3.05) is 11.0 Å². The van der Waals surface area contributed by atoms with Crippen LogP contribution in [0.5, 0.6) is 0 Å². The molecule has 1 aromatic rings. The summed E-state index contributed by atoms with van der Waals surface area (Å²) in [4.78, 5) is 10.9. The van der Waals surface area contributed by atoms with Crippen LogP contribution in [0.2, 0.25) is 0 Å². The normalized spacial score (nSPS) is 14.8. The van der Waals surface area contributed by atoms with E-state index < -0.39 is 21.5 Å². The average molecular weight is 272 g/mol. The second-order valence-electron chi connectivity index (χ2n) is 4.47. The number of aliphatic carboxylic acids is 1. The van der Waals surface area contributed by atoms with Crippen molar-refractivity contribution in [3.63, 3.8) is 0 Å². The van der Waals surface area contributed by atoms with Crippen molar-refractivity contribution in [1.29, 1.82) is 0 Å². The molecule has 1 aromatic carbocycles. The molecule has 18 heavy (non-hydrogen) atoms. The molecule has 0 amide bonds. The van der Waals surface area contributed by atoms with E-state index in [1.54, 1.807) is 24.3 Å². The van der Waals surface area contributed by atoms with Gasteiger partial charge in [0.15, 0.2) is 0 Å². The number of benzene rings is 1. The van der Waals surface area contributed by atoms with Crippen LogP contribution >= 0.6 is 0 Å². The monoisotopic (exact) mass is 272 g/mol. The fourth-order valence-corrected chi connectivity index (χ4v) is 1.97. The van der Waals surface area contributed by atoms with Crippen LogP contribution in [0.4, 0.5) is 5.69 Å². The fraction of sp³-hybridized carbons (Fsp3) is 0.364. The molecule has 1 unspecified atom stereocenters. The number of hydrogen-bond donors (Lipinski definition) is 3. The maximum Gasteiger partial charge on any atom is 0.323 e. The van der Waals surface area contributed by atoms with Crippen molar-refractivity contribution in [3.05, 3.63) is 29.8 Å². The summed E-state index contributed by atoms with van der Waals surface area (Å²) in [7, 11) is -3.31. The van der Waals surface area contributed by atoms with Gasteiger partial charge in [0.2, 0.25) is 10.0 Å². The molecule has 100 valence electrons. The van der Waals surface area contributed by atoms with Gasteiger partial charge in [-0.05, 0) is 24.6 Å². The Morgan fingerprint density at radius 1 is 1.39 bits per heavy atom. The van der Waals surface area contributed by atoms with Crippen LogP contribution in [0.1, 0.15) is 12.5 Å². The summed E-state index contributed by atoms with van der Waals surface area (Å²) in [6.07, 6.45) is 1.23. The summed E-state index contributed by atoms with van der Waals surface area (Å²) in [6.45, 7) is 1.43. The molecule has 0 saturated heterocycles. The number of nitrogens with one attached hydrogen (secondary N) is 1. The molecule has 0 radical (unpaired) electrons. The van der Waals surface area contributed by atoms with Crippen LogP contribution in [-0.2, 0) is 21.2 Å². The van der Waals surface area contributed by atoms with E-state index in [2.05, 4.69) is 4.72 Å². The van der Waals surface area contributed by atoms with Gasteiger partial charge in [-0.3, -0.25) is 9.52 Å². The van der Waals surface area contributed by atoms with E-state index in [-0.39, 0.29) is 6.42 Å². The molecular formula is C11H16N2O4S. The van der Waals surface area contributed by atoms with Crippen molar-refractivity contribution < 1.29 is 18.3 Å². The highest BCUT2D eigenvalue weighted by molar-refractivity contribution is 7.92. The molecule has 0 spiro atoms. The summed E-state index contributed by atoms with van der Waals surface area (Å²) in [5.41, 5.74) is 5.43. The van der Waals surface area contributed by atoms with Crippen molar-refractivity contribution in [1.82, 2.24) is 0 Å². The molecule has 0 saturated carbocycles. The Morgan fingerprint density at radius 2 is 1.89 bits per heavy atom. The standard InChI is InChI=1S/C11H16N2O4S/c1-11(12,10(14)15)7-8-3-5-9(6-4-8)13-18(2,16)17/h3-6,13H,7,12H2,1-2H3,(H,14,15). The van der Waals surface area contributed by atoms with E-state index >= 15 is 0 Å². The first-order chi connectivity index (χ1) is 8.10. The maximum atomic E-state index is 11.0. The van der Waals surface area contributed by atoms with E-state index in [9.17, 15) is 13.2 Å². The van der Waals surface area contributed by atoms with Gasteiger partial charge in [-0.25, -0.2) is 8.42 Å². The van der Waals surface area contributed by atoms with Crippen molar-refractivity contribution in [3.8, 4) is 0 Å². The van der Waals surface area contributed by atoms with Gasteiger partial charge in [-0.2, -0.15) is 0 Å². The predicted molar refractivity (Wildman–Crippen MR) is 68.8 cm³/mol. The lowest BCUT2D eigenvalue weighted by molar-refractivity contribution is -0.142. The molecule has 0 aliphatic carbocycles. The number of carbonyl (C=O) groups is 1. The Hall–Kier alpha value is -1.60. The number of carboxylic acids is 1. The zero-order chi connectivity index (χ0) is 14.0. The third-order valence-corrected chi connectivity index (χ3v) is 2.92. The zero-order valence-electron chi connectivity index (χ0n) is 10.2. The van der Waals surface area contributed by atoms with Gasteiger partial charge in [0.1, 0.15) is 5.54 Å². The van der Waals surface area contributed by atoms with Gasteiger partial charge >= 0.3 is 5.97 Å². The smallest absolute Gasteiger partial charge is 0.323 e. The third kappa shape index (κ3) is 4.34. The minimum atomic E-state index is -3.31. The highest BCUT2D eigenvalue weighted by Gasteiger charge is 2.27. The first kappa shape index (κ1) is 14.5. The van der Waals surface area contributed by atoms with E-state index in [1.807, 2.05) is 0 Å². The van der Waals surface area contributed by atoms with Crippen LogP contribution in [0, 0.1) is 0 Å². The maximum absolute atomic E-state index is 11.0. The van der Waals surface area contributed by atoms with E-state index in [4.69, 9.17) is 10.8 Å². The lowest BCUT2D eigenvalue weighted by Crippen LogP contribution is -2.46. The first-order valence-electron chi connectivity index (χ1n) is 5.19. The lowest BCUT2D eigenvalue weighted by atomic mass is 9.94. The molecular weight excluding hydrogens is 256 g/mol. The van der Waals surface area contributed by atoms with Gasteiger partial charge in [-0.1, -0.05) is 12.1 Å². The van der Waals surface area contributed by atoms with Crippen LogP contribution in [0.3, 0.4) is 0 Å². The quantitative estimate of drug-likeness (QED) is 0.719. The Bertz CT molecular complexity index is 535. The minimum Gasteiger partial charge on any atom is -0.480 e. The highest BCUT2D eigenvalue weighted by Crippen LogP contribution is 2.15. The highest BCUT2D eigenvalue weighted by atomic mass is 32.2. The molecule has 0 aromatic heterocycles. The molecule has 1 atom stereocenters. The van der Waals surface area contributed by atoms with E-state index in [0.29, 0.717) is 5.69 Å². The van der Waals surface area contributed by atoms with E-state index in [0.717, 1.165) is 11.8 Å². The van der Waals surface area contributed by atoms with Gasteiger partial charge in [0, 0.05) is 12.1 Å². The predicted octanol–water partition coefficient (Wildman–Crippen LogP) is 0.403. The van der Waals surface area contributed by atoms with Crippen molar-refractivity contribution in [2.24, 2.45) is 5.73 Å². The Morgan fingerprint density at radius 3 is 2.28 bits per heavy atom. The van der Waals surface area contributed by atoms with E-state index in [1.165, 1.54) is 6.92 Å². The summed E-state index contributed by atoms with van der Waals surface area (Å²) < 4.78 is 24.3. The molecule has 0 bridgehead atoms. The minimum absolute atomic E-state index is 0.168. The number of rotatable bonds is 5. The molecule has 0 aliphatic rings. The van der Waals surface area contributed by atoms with Gasteiger partial charge < -0.3 is 10.8 Å². The summed E-state index contributed by atoms with van der Waals surface area (Å²) in [5.74, 6) is -1.08. The Kier molecular flexibility index (Phi) is 3.98. The third-order valence-electron chi connectivity index (χ3n) is 2.32. The first-order valence-corrected chi connectivity index (χ1v) is 7.08. The fourth-order valence-electron chi connectivity index (χ4n) is 1.40. The molecule has 1 rings (SSSR count). The second-order valence-corrected chi connectivity index (χ2v) is 6.22. The molecule has 4 N–H and O–H groups in total. The van der Waals surface area contributed by atoms with Gasteiger partial charge in [-0.15, -0.1) is 0 Å². The largest absolute Gasteiger partial charge is 0.480 e. The molecule has 0 aliphatic heterocycles. The number of anilines is 1.